The normalized spacial score (nSPS) is 26.1. The summed E-state index contributed by atoms with van der Waals surface area (Å²) < 4.78 is 4.96. The van der Waals surface area contributed by atoms with Crippen LogP contribution in [0.15, 0.2) is 23.1 Å². The van der Waals surface area contributed by atoms with Gasteiger partial charge in [0.25, 0.3) is 0 Å². The maximum absolute atomic E-state index is 11.8. The minimum atomic E-state index is -0.279. The Kier molecular flexibility index (Phi) is 2.45. The number of carbonyl (C=O) groups is 2. The van der Waals surface area contributed by atoms with Gasteiger partial charge in [0.05, 0.1) is 17.5 Å². The molecule has 0 saturated carbocycles. The topological polar surface area (TPSA) is 58.7 Å². The van der Waals surface area contributed by atoms with Crippen LogP contribution in [0, 0.1) is 0 Å². The molecule has 0 spiro atoms. The van der Waals surface area contributed by atoms with Crippen molar-refractivity contribution in [1.29, 1.82) is 0 Å². The minimum absolute atomic E-state index is 0.00864. The number of anilines is 1. The molecular weight excluding hydrogens is 238 g/mol. The number of epoxide rings is 1. The Morgan fingerprint density at radius 2 is 2.29 bits per heavy atom. The lowest BCUT2D eigenvalue weighted by molar-refractivity contribution is -0.115. The molecule has 17 heavy (non-hydrogen) atoms. The number of ketones is 1. The highest BCUT2D eigenvalue weighted by atomic mass is 32.2. The number of hydrogen-bond donors (Lipinski definition) is 1. The molecule has 2 unspecified atom stereocenters. The zero-order chi connectivity index (χ0) is 12.0. The van der Waals surface area contributed by atoms with Crippen molar-refractivity contribution in [2.24, 2.45) is 0 Å². The number of fused-ring (bicyclic) bond motifs is 1. The third-order valence-electron chi connectivity index (χ3n) is 2.82. The van der Waals surface area contributed by atoms with Gasteiger partial charge in [-0.3, -0.25) is 9.59 Å². The van der Waals surface area contributed by atoms with Crippen LogP contribution < -0.4 is 5.32 Å². The van der Waals surface area contributed by atoms with Gasteiger partial charge in [-0.25, -0.2) is 0 Å². The number of ether oxygens (including phenoxy) is 1. The number of thioether (sulfide) groups is 1. The number of Topliss-reactive ketones (excluding diaryl/α,β-unsaturated/α-hetero) is 1. The number of rotatable bonds is 2. The molecule has 0 radical (unpaired) electrons. The van der Waals surface area contributed by atoms with Gasteiger partial charge in [0, 0.05) is 10.5 Å². The Bertz CT molecular complexity index is 510. The second-order valence-corrected chi connectivity index (χ2v) is 5.53. The molecule has 1 amide bonds. The van der Waals surface area contributed by atoms with E-state index in [9.17, 15) is 9.59 Å². The first-order chi connectivity index (χ1) is 8.15. The molecule has 0 aromatic heterocycles. The van der Waals surface area contributed by atoms with Crippen molar-refractivity contribution < 1.29 is 14.3 Å². The molecule has 88 valence electrons. The van der Waals surface area contributed by atoms with Crippen LogP contribution >= 0.6 is 11.8 Å². The standard InChI is InChI=1S/C12H11NO3S/c1-6-12(15)13-8-4-7(2-3-10(8)17-6)11(14)9-5-16-9/h2-4,6,9H,5H2,1H3,(H,13,15). The lowest BCUT2D eigenvalue weighted by Gasteiger charge is -2.21. The summed E-state index contributed by atoms with van der Waals surface area (Å²) in [5, 5.41) is 2.72. The van der Waals surface area contributed by atoms with E-state index in [4.69, 9.17) is 4.74 Å². The summed E-state index contributed by atoms with van der Waals surface area (Å²) in [5.41, 5.74) is 1.33. The minimum Gasteiger partial charge on any atom is -0.364 e. The molecule has 2 aliphatic heterocycles. The summed E-state index contributed by atoms with van der Waals surface area (Å²) >= 11 is 1.51. The predicted octanol–water partition coefficient (Wildman–Crippen LogP) is 1.70. The molecule has 3 rings (SSSR count). The molecular formula is C12H11NO3S. The summed E-state index contributed by atoms with van der Waals surface area (Å²) in [6.45, 7) is 2.37. The van der Waals surface area contributed by atoms with E-state index >= 15 is 0 Å². The highest BCUT2D eigenvalue weighted by Gasteiger charge is 2.33. The maximum Gasteiger partial charge on any atom is 0.237 e. The van der Waals surface area contributed by atoms with Crippen LogP contribution in [-0.4, -0.2) is 29.7 Å². The van der Waals surface area contributed by atoms with Crippen molar-refractivity contribution in [3.05, 3.63) is 23.8 Å². The lowest BCUT2D eigenvalue weighted by Crippen LogP contribution is -2.26. The molecule has 0 bridgehead atoms. The number of benzene rings is 1. The van der Waals surface area contributed by atoms with Gasteiger partial charge in [-0.05, 0) is 19.1 Å². The highest BCUT2D eigenvalue weighted by Crippen LogP contribution is 2.36. The van der Waals surface area contributed by atoms with Crippen LogP contribution in [0.5, 0.6) is 0 Å². The summed E-state index contributed by atoms with van der Waals surface area (Å²) in [5.74, 6) is -0.0274. The first kappa shape index (κ1) is 10.8. The van der Waals surface area contributed by atoms with Crippen molar-refractivity contribution >= 4 is 29.1 Å². The van der Waals surface area contributed by atoms with E-state index in [-0.39, 0.29) is 23.0 Å². The van der Waals surface area contributed by atoms with E-state index in [2.05, 4.69) is 5.32 Å². The van der Waals surface area contributed by atoms with E-state index in [0.717, 1.165) is 10.6 Å². The van der Waals surface area contributed by atoms with Crippen LogP contribution in [0.3, 0.4) is 0 Å². The van der Waals surface area contributed by atoms with E-state index in [1.54, 1.807) is 12.1 Å². The molecule has 1 N–H and O–H groups in total. The fourth-order valence-electron chi connectivity index (χ4n) is 1.75. The molecule has 4 nitrogen and oxygen atoms in total. The fourth-order valence-corrected chi connectivity index (χ4v) is 2.68. The van der Waals surface area contributed by atoms with Gasteiger partial charge in [-0.2, -0.15) is 0 Å². The quantitative estimate of drug-likeness (QED) is 0.640. The Morgan fingerprint density at radius 1 is 1.53 bits per heavy atom. The molecule has 1 saturated heterocycles. The maximum atomic E-state index is 11.8. The van der Waals surface area contributed by atoms with Gasteiger partial charge in [-0.15, -0.1) is 11.8 Å². The largest absolute Gasteiger partial charge is 0.364 e. The van der Waals surface area contributed by atoms with E-state index < -0.39 is 0 Å². The second-order valence-electron chi connectivity index (χ2n) is 4.15. The van der Waals surface area contributed by atoms with Gasteiger partial charge in [0.2, 0.25) is 5.91 Å². The van der Waals surface area contributed by atoms with Crippen LogP contribution in [0.4, 0.5) is 5.69 Å². The molecule has 2 aliphatic rings. The molecule has 2 heterocycles. The average Bonchev–Trinajstić information content (AvgIpc) is 3.13. The molecule has 5 heteroatoms. The van der Waals surface area contributed by atoms with Gasteiger partial charge >= 0.3 is 0 Å². The smallest absolute Gasteiger partial charge is 0.237 e. The summed E-state index contributed by atoms with van der Waals surface area (Å²) in [6.07, 6.45) is -0.279. The van der Waals surface area contributed by atoms with Crippen LogP contribution in [-0.2, 0) is 9.53 Å². The van der Waals surface area contributed by atoms with Gasteiger partial charge in [0.1, 0.15) is 6.10 Å². The molecule has 1 fully saturated rings. The summed E-state index contributed by atoms with van der Waals surface area (Å²) in [4.78, 5) is 24.3. The Labute approximate surface area is 103 Å². The predicted molar refractivity (Wildman–Crippen MR) is 64.5 cm³/mol. The van der Waals surface area contributed by atoms with Crippen molar-refractivity contribution in [3.63, 3.8) is 0 Å². The zero-order valence-electron chi connectivity index (χ0n) is 9.23. The van der Waals surface area contributed by atoms with Crippen molar-refractivity contribution in [3.8, 4) is 0 Å². The number of amides is 1. The van der Waals surface area contributed by atoms with Crippen molar-refractivity contribution in [2.45, 2.75) is 23.2 Å². The number of hydrogen-bond acceptors (Lipinski definition) is 4. The van der Waals surface area contributed by atoms with Crippen LogP contribution in [0.2, 0.25) is 0 Å². The Morgan fingerprint density at radius 3 is 3.00 bits per heavy atom. The van der Waals surface area contributed by atoms with Gasteiger partial charge in [0.15, 0.2) is 5.78 Å². The van der Waals surface area contributed by atoms with E-state index in [1.165, 1.54) is 11.8 Å². The van der Waals surface area contributed by atoms with Crippen LogP contribution in [0.1, 0.15) is 17.3 Å². The SMILES string of the molecule is CC1Sc2ccc(C(=O)C3CO3)cc2NC1=O. The number of nitrogens with one attached hydrogen (secondary N) is 1. The zero-order valence-corrected chi connectivity index (χ0v) is 10.0. The lowest BCUT2D eigenvalue weighted by atomic mass is 10.1. The second kappa shape index (κ2) is 3.85. The highest BCUT2D eigenvalue weighted by molar-refractivity contribution is 8.00. The fraction of sp³-hybridized carbons (Fsp3) is 0.333. The average molecular weight is 249 g/mol. The van der Waals surface area contributed by atoms with Gasteiger partial charge < -0.3 is 10.1 Å². The molecule has 1 aromatic rings. The van der Waals surface area contributed by atoms with E-state index in [1.807, 2.05) is 13.0 Å². The Balaban J connectivity index is 1.93. The van der Waals surface area contributed by atoms with E-state index in [0.29, 0.717) is 12.2 Å². The molecule has 1 aromatic carbocycles. The molecule has 0 aliphatic carbocycles. The first-order valence-electron chi connectivity index (χ1n) is 5.42. The number of carbonyl (C=O) groups excluding carboxylic acids is 2. The third kappa shape index (κ3) is 1.96. The first-order valence-corrected chi connectivity index (χ1v) is 6.30. The Hall–Kier alpha value is -1.33. The monoisotopic (exact) mass is 249 g/mol. The van der Waals surface area contributed by atoms with Gasteiger partial charge in [-0.1, -0.05) is 6.07 Å². The summed E-state index contributed by atoms with van der Waals surface area (Å²) in [6, 6.07) is 5.40. The van der Waals surface area contributed by atoms with Crippen molar-refractivity contribution in [2.75, 3.05) is 11.9 Å². The van der Waals surface area contributed by atoms with Crippen molar-refractivity contribution in [1.82, 2.24) is 0 Å². The molecule has 2 atom stereocenters. The summed E-state index contributed by atoms with van der Waals surface area (Å²) in [7, 11) is 0. The van der Waals surface area contributed by atoms with Crippen LogP contribution in [0.25, 0.3) is 0 Å². The third-order valence-corrected chi connectivity index (χ3v) is 4.00.